The molecule has 1 atom stereocenters. The molecular formula is C12H19N3O3S2. The molecule has 1 saturated heterocycles. The second kappa shape index (κ2) is 7.16. The first-order chi connectivity index (χ1) is 9.58. The SMILES string of the molecule is O=C(CNS(=O)(=O)c1cccs1)NCC1CCCNC1. The molecule has 0 saturated carbocycles. The lowest BCUT2D eigenvalue weighted by atomic mass is 10.00. The second-order valence-electron chi connectivity index (χ2n) is 4.77. The molecule has 1 aromatic rings. The number of piperidine rings is 1. The Kier molecular flexibility index (Phi) is 5.53. The standard InChI is InChI=1S/C12H19N3O3S2/c16-11(14-8-10-3-1-5-13-7-10)9-15-20(17,18)12-4-2-6-19-12/h2,4,6,10,13,15H,1,3,5,7-9H2,(H,14,16). The zero-order valence-electron chi connectivity index (χ0n) is 11.1. The molecule has 0 radical (unpaired) electrons. The molecule has 0 spiro atoms. The van der Waals surface area contributed by atoms with E-state index in [2.05, 4.69) is 15.4 Å². The molecule has 112 valence electrons. The first-order valence-corrected chi connectivity index (χ1v) is 8.95. The minimum absolute atomic E-state index is 0.222. The van der Waals surface area contributed by atoms with E-state index in [1.54, 1.807) is 11.4 Å². The molecule has 8 heteroatoms. The van der Waals surface area contributed by atoms with Crippen molar-refractivity contribution >= 4 is 27.3 Å². The predicted octanol–water partition coefficient (Wildman–Crippen LogP) is 0.142. The van der Waals surface area contributed by atoms with Crippen LogP contribution >= 0.6 is 11.3 Å². The summed E-state index contributed by atoms with van der Waals surface area (Å²) in [7, 11) is -3.56. The Morgan fingerprint density at radius 3 is 3.00 bits per heavy atom. The van der Waals surface area contributed by atoms with Crippen LogP contribution in [0.4, 0.5) is 0 Å². The van der Waals surface area contributed by atoms with Gasteiger partial charge in [-0.25, -0.2) is 13.1 Å². The van der Waals surface area contributed by atoms with Crippen molar-refractivity contribution in [3.63, 3.8) is 0 Å². The molecule has 0 aliphatic carbocycles. The van der Waals surface area contributed by atoms with E-state index in [1.165, 1.54) is 6.07 Å². The molecule has 1 aliphatic heterocycles. The number of thiophene rings is 1. The Labute approximate surface area is 123 Å². The van der Waals surface area contributed by atoms with Gasteiger partial charge in [0.05, 0.1) is 6.54 Å². The molecule has 0 aromatic carbocycles. The van der Waals surface area contributed by atoms with E-state index in [1.807, 2.05) is 0 Å². The van der Waals surface area contributed by atoms with E-state index >= 15 is 0 Å². The van der Waals surface area contributed by atoms with Crippen molar-refractivity contribution in [2.24, 2.45) is 5.92 Å². The molecule has 20 heavy (non-hydrogen) atoms. The maximum atomic E-state index is 11.8. The van der Waals surface area contributed by atoms with E-state index < -0.39 is 10.0 Å². The van der Waals surface area contributed by atoms with Crippen LogP contribution in [0.1, 0.15) is 12.8 Å². The van der Waals surface area contributed by atoms with E-state index in [4.69, 9.17) is 0 Å². The Morgan fingerprint density at radius 2 is 2.35 bits per heavy atom. The first kappa shape index (κ1) is 15.4. The average Bonchev–Trinajstić information content (AvgIpc) is 2.99. The smallest absolute Gasteiger partial charge is 0.250 e. The Bertz CT molecular complexity index is 522. The highest BCUT2D eigenvalue weighted by atomic mass is 32.2. The van der Waals surface area contributed by atoms with Gasteiger partial charge >= 0.3 is 0 Å². The van der Waals surface area contributed by atoms with Gasteiger partial charge in [0.1, 0.15) is 4.21 Å². The third-order valence-electron chi connectivity index (χ3n) is 3.17. The van der Waals surface area contributed by atoms with Gasteiger partial charge in [0.15, 0.2) is 0 Å². The van der Waals surface area contributed by atoms with Gasteiger partial charge in [-0.05, 0) is 43.3 Å². The van der Waals surface area contributed by atoms with Gasteiger partial charge in [-0.1, -0.05) is 6.07 Å². The minimum atomic E-state index is -3.56. The van der Waals surface area contributed by atoms with Gasteiger partial charge in [0.25, 0.3) is 10.0 Å². The van der Waals surface area contributed by atoms with Crippen LogP contribution < -0.4 is 15.4 Å². The van der Waals surface area contributed by atoms with Crippen LogP contribution in [0, 0.1) is 5.92 Å². The van der Waals surface area contributed by atoms with Crippen molar-refractivity contribution in [1.29, 1.82) is 0 Å². The lowest BCUT2D eigenvalue weighted by Gasteiger charge is -2.22. The van der Waals surface area contributed by atoms with Crippen LogP contribution in [-0.4, -0.2) is 40.5 Å². The summed E-state index contributed by atoms with van der Waals surface area (Å²) >= 11 is 1.13. The molecule has 1 amide bonds. The number of rotatable bonds is 6. The Hall–Kier alpha value is -0.960. The van der Waals surface area contributed by atoms with Crippen molar-refractivity contribution in [3.05, 3.63) is 17.5 Å². The van der Waals surface area contributed by atoms with Gasteiger partial charge in [0.2, 0.25) is 5.91 Å². The Morgan fingerprint density at radius 1 is 1.50 bits per heavy atom. The van der Waals surface area contributed by atoms with E-state index in [9.17, 15) is 13.2 Å². The summed E-state index contributed by atoms with van der Waals surface area (Å²) in [6.07, 6.45) is 2.21. The quantitative estimate of drug-likeness (QED) is 0.696. The number of sulfonamides is 1. The summed E-state index contributed by atoms with van der Waals surface area (Å²) in [6.45, 7) is 2.30. The summed E-state index contributed by atoms with van der Waals surface area (Å²) in [6, 6.07) is 3.17. The molecule has 1 aliphatic rings. The van der Waals surface area contributed by atoms with Crippen LogP contribution in [-0.2, 0) is 14.8 Å². The van der Waals surface area contributed by atoms with Crippen molar-refractivity contribution < 1.29 is 13.2 Å². The highest BCUT2D eigenvalue weighted by Gasteiger charge is 2.17. The molecule has 2 heterocycles. The van der Waals surface area contributed by atoms with E-state index in [-0.39, 0.29) is 16.7 Å². The summed E-state index contributed by atoms with van der Waals surface area (Å²) in [5, 5.41) is 7.72. The van der Waals surface area contributed by atoms with Gasteiger partial charge in [-0.15, -0.1) is 11.3 Å². The van der Waals surface area contributed by atoms with E-state index in [0.717, 1.165) is 37.3 Å². The second-order valence-corrected chi connectivity index (χ2v) is 7.71. The van der Waals surface area contributed by atoms with Crippen molar-refractivity contribution in [2.75, 3.05) is 26.2 Å². The monoisotopic (exact) mass is 317 g/mol. The third kappa shape index (κ3) is 4.55. The molecule has 3 N–H and O–H groups in total. The van der Waals surface area contributed by atoms with Crippen molar-refractivity contribution in [3.8, 4) is 0 Å². The lowest BCUT2D eigenvalue weighted by Crippen LogP contribution is -2.42. The summed E-state index contributed by atoms with van der Waals surface area (Å²) in [5.41, 5.74) is 0. The lowest BCUT2D eigenvalue weighted by molar-refractivity contribution is -0.120. The Balaban J connectivity index is 1.72. The molecule has 6 nitrogen and oxygen atoms in total. The molecular weight excluding hydrogens is 298 g/mol. The number of carbonyl (C=O) groups is 1. The van der Waals surface area contributed by atoms with Crippen LogP contribution in [0.5, 0.6) is 0 Å². The topological polar surface area (TPSA) is 87.3 Å². The highest BCUT2D eigenvalue weighted by Crippen LogP contribution is 2.14. The summed E-state index contributed by atoms with van der Waals surface area (Å²) < 4.78 is 26.2. The van der Waals surface area contributed by atoms with Crippen LogP contribution in [0.15, 0.2) is 21.7 Å². The van der Waals surface area contributed by atoms with Gasteiger partial charge in [-0.2, -0.15) is 0 Å². The molecule has 1 aromatic heterocycles. The third-order valence-corrected chi connectivity index (χ3v) is 5.97. The average molecular weight is 317 g/mol. The van der Waals surface area contributed by atoms with Crippen LogP contribution in [0.3, 0.4) is 0 Å². The molecule has 1 unspecified atom stereocenters. The molecule has 1 fully saturated rings. The highest BCUT2D eigenvalue weighted by molar-refractivity contribution is 7.91. The van der Waals surface area contributed by atoms with Crippen molar-refractivity contribution in [1.82, 2.24) is 15.4 Å². The summed E-state index contributed by atoms with van der Waals surface area (Å²) in [4.78, 5) is 11.6. The normalized spacial score (nSPS) is 19.7. The first-order valence-electron chi connectivity index (χ1n) is 6.58. The number of nitrogens with one attached hydrogen (secondary N) is 3. The number of hydrogen-bond donors (Lipinski definition) is 3. The molecule has 0 bridgehead atoms. The van der Waals surface area contributed by atoms with Gasteiger partial charge in [0, 0.05) is 6.54 Å². The van der Waals surface area contributed by atoms with Crippen LogP contribution in [0.2, 0.25) is 0 Å². The zero-order valence-corrected chi connectivity index (χ0v) is 12.7. The number of amides is 1. The summed E-state index contributed by atoms with van der Waals surface area (Å²) in [5.74, 6) is 0.136. The zero-order chi connectivity index (χ0) is 14.4. The minimum Gasteiger partial charge on any atom is -0.355 e. The van der Waals surface area contributed by atoms with Crippen molar-refractivity contribution in [2.45, 2.75) is 17.1 Å². The molecule has 2 rings (SSSR count). The maximum absolute atomic E-state index is 11.8. The maximum Gasteiger partial charge on any atom is 0.250 e. The fourth-order valence-corrected chi connectivity index (χ4v) is 4.09. The number of carbonyl (C=O) groups excluding carboxylic acids is 1. The van der Waals surface area contributed by atoms with E-state index in [0.29, 0.717) is 12.5 Å². The largest absolute Gasteiger partial charge is 0.355 e. The van der Waals surface area contributed by atoms with Gasteiger partial charge < -0.3 is 10.6 Å². The fraction of sp³-hybridized carbons (Fsp3) is 0.583. The number of hydrogen-bond acceptors (Lipinski definition) is 5. The van der Waals surface area contributed by atoms with Crippen LogP contribution in [0.25, 0.3) is 0 Å². The van der Waals surface area contributed by atoms with Gasteiger partial charge in [-0.3, -0.25) is 4.79 Å². The fourth-order valence-electron chi connectivity index (χ4n) is 2.07. The predicted molar refractivity (Wildman–Crippen MR) is 78.1 cm³/mol.